The first-order valence-corrected chi connectivity index (χ1v) is 5.54. The van der Waals surface area contributed by atoms with Crippen molar-refractivity contribution in [3.8, 4) is 0 Å². The summed E-state index contributed by atoms with van der Waals surface area (Å²) in [6, 6.07) is 3.83. The molecule has 0 bridgehead atoms. The third kappa shape index (κ3) is 2.47. The van der Waals surface area contributed by atoms with Crippen LogP contribution in [0.15, 0.2) is 35.3 Å². The van der Waals surface area contributed by atoms with Crippen LogP contribution in [0.5, 0.6) is 0 Å². The highest BCUT2D eigenvalue weighted by Gasteiger charge is 2.08. The van der Waals surface area contributed by atoms with Crippen LogP contribution >= 0.6 is 22.6 Å². The third-order valence-electron chi connectivity index (χ3n) is 1.98. The van der Waals surface area contributed by atoms with Crippen LogP contribution in [0.3, 0.4) is 0 Å². The van der Waals surface area contributed by atoms with Crippen LogP contribution in [0.1, 0.15) is 5.76 Å². The summed E-state index contributed by atoms with van der Waals surface area (Å²) < 4.78 is 6.31. The second-order valence-corrected chi connectivity index (χ2v) is 4.29. The first-order chi connectivity index (χ1) is 7.27. The van der Waals surface area contributed by atoms with E-state index >= 15 is 0 Å². The summed E-state index contributed by atoms with van der Waals surface area (Å²) in [5.41, 5.74) is 0. The summed E-state index contributed by atoms with van der Waals surface area (Å²) in [5, 5.41) is 0. The number of halogens is 1. The minimum Gasteiger partial charge on any atom is -0.467 e. The monoisotopic (exact) mass is 315 g/mol. The second-order valence-electron chi connectivity index (χ2n) is 3.13. The molecule has 0 aliphatic heterocycles. The Morgan fingerprint density at radius 1 is 1.53 bits per heavy atom. The summed E-state index contributed by atoms with van der Waals surface area (Å²) >= 11 is 2.22. The number of aromatic nitrogens is 2. The van der Waals surface area contributed by atoms with E-state index in [4.69, 9.17) is 4.42 Å². The maximum atomic E-state index is 5.28. The van der Waals surface area contributed by atoms with Crippen molar-refractivity contribution in [2.45, 2.75) is 6.54 Å². The topological polar surface area (TPSA) is 42.2 Å². The van der Waals surface area contributed by atoms with Crippen molar-refractivity contribution in [1.29, 1.82) is 0 Å². The summed E-state index contributed by atoms with van der Waals surface area (Å²) in [4.78, 5) is 10.2. The van der Waals surface area contributed by atoms with Gasteiger partial charge in [-0.25, -0.2) is 9.97 Å². The quantitative estimate of drug-likeness (QED) is 0.815. The standard InChI is InChI=1S/C10H10IN3O/c1-14(6-8-3-2-4-15-8)10-9(11)5-12-7-13-10/h2-5,7H,6H2,1H3. The molecular weight excluding hydrogens is 305 g/mol. The average Bonchev–Trinajstić information content (AvgIpc) is 2.71. The fraction of sp³-hybridized carbons (Fsp3) is 0.200. The van der Waals surface area contributed by atoms with E-state index in [2.05, 4.69) is 32.6 Å². The molecule has 5 heteroatoms. The third-order valence-corrected chi connectivity index (χ3v) is 2.74. The Morgan fingerprint density at radius 2 is 2.40 bits per heavy atom. The van der Waals surface area contributed by atoms with E-state index < -0.39 is 0 Å². The molecule has 15 heavy (non-hydrogen) atoms. The lowest BCUT2D eigenvalue weighted by atomic mass is 10.4. The van der Waals surface area contributed by atoms with Crippen molar-refractivity contribution in [1.82, 2.24) is 9.97 Å². The molecule has 2 aromatic rings. The van der Waals surface area contributed by atoms with Crippen LogP contribution in [0.2, 0.25) is 0 Å². The smallest absolute Gasteiger partial charge is 0.145 e. The van der Waals surface area contributed by atoms with Gasteiger partial charge in [-0.1, -0.05) is 0 Å². The Kier molecular flexibility index (Phi) is 3.20. The summed E-state index contributed by atoms with van der Waals surface area (Å²) in [5.74, 6) is 1.84. The maximum Gasteiger partial charge on any atom is 0.145 e. The van der Waals surface area contributed by atoms with Crippen LogP contribution in [-0.4, -0.2) is 17.0 Å². The van der Waals surface area contributed by atoms with Gasteiger partial charge in [0.15, 0.2) is 0 Å². The van der Waals surface area contributed by atoms with Gasteiger partial charge in [-0.2, -0.15) is 0 Å². The summed E-state index contributed by atoms with van der Waals surface area (Å²) in [6.07, 6.45) is 5.02. The number of hydrogen-bond donors (Lipinski definition) is 0. The number of rotatable bonds is 3. The van der Waals surface area contributed by atoms with Crippen molar-refractivity contribution in [3.63, 3.8) is 0 Å². The lowest BCUT2D eigenvalue weighted by Crippen LogP contribution is -2.18. The molecule has 2 heterocycles. The predicted molar refractivity (Wildman–Crippen MR) is 65.6 cm³/mol. The van der Waals surface area contributed by atoms with Crippen LogP contribution in [0, 0.1) is 3.57 Å². The zero-order valence-corrected chi connectivity index (χ0v) is 10.4. The van der Waals surface area contributed by atoms with Crippen molar-refractivity contribution >= 4 is 28.4 Å². The zero-order valence-electron chi connectivity index (χ0n) is 8.22. The highest BCUT2D eigenvalue weighted by Crippen LogP contribution is 2.18. The van der Waals surface area contributed by atoms with Gasteiger partial charge < -0.3 is 9.32 Å². The van der Waals surface area contributed by atoms with E-state index in [1.54, 1.807) is 18.8 Å². The van der Waals surface area contributed by atoms with E-state index in [9.17, 15) is 0 Å². The number of anilines is 1. The van der Waals surface area contributed by atoms with Gasteiger partial charge in [0.1, 0.15) is 17.9 Å². The van der Waals surface area contributed by atoms with Gasteiger partial charge in [0, 0.05) is 13.2 Å². The van der Waals surface area contributed by atoms with E-state index in [0.717, 1.165) is 15.1 Å². The molecule has 4 nitrogen and oxygen atoms in total. The van der Waals surface area contributed by atoms with Gasteiger partial charge in [0.2, 0.25) is 0 Å². The molecule has 0 radical (unpaired) electrons. The van der Waals surface area contributed by atoms with Crippen LogP contribution in [0.25, 0.3) is 0 Å². The molecule has 0 spiro atoms. The number of hydrogen-bond acceptors (Lipinski definition) is 4. The molecule has 0 aliphatic rings. The van der Waals surface area contributed by atoms with Crippen LogP contribution in [0.4, 0.5) is 5.82 Å². The first-order valence-electron chi connectivity index (χ1n) is 4.46. The van der Waals surface area contributed by atoms with E-state index in [1.807, 2.05) is 24.1 Å². The molecule has 0 aromatic carbocycles. The predicted octanol–water partition coefficient (Wildman–Crippen LogP) is 2.31. The highest BCUT2D eigenvalue weighted by atomic mass is 127. The number of nitrogens with zero attached hydrogens (tertiary/aromatic N) is 3. The SMILES string of the molecule is CN(Cc1ccco1)c1ncncc1I. The van der Waals surface area contributed by atoms with E-state index in [-0.39, 0.29) is 0 Å². The molecule has 0 unspecified atom stereocenters. The lowest BCUT2D eigenvalue weighted by Gasteiger charge is -2.17. The molecule has 0 fully saturated rings. The molecule has 0 saturated carbocycles. The first kappa shape index (κ1) is 10.4. The van der Waals surface area contributed by atoms with Gasteiger partial charge in [-0.3, -0.25) is 0 Å². The van der Waals surface area contributed by atoms with Gasteiger partial charge >= 0.3 is 0 Å². The average molecular weight is 315 g/mol. The maximum absolute atomic E-state index is 5.28. The van der Waals surface area contributed by atoms with Crippen LogP contribution < -0.4 is 4.90 Å². The minimum atomic E-state index is 0.708. The second kappa shape index (κ2) is 4.61. The van der Waals surface area contributed by atoms with Gasteiger partial charge in [-0.15, -0.1) is 0 Å². The molecule has 78 valence electrons. The highest BCUT2D eigenvalue weighted by molar-refractivity contribution is 14.1. The Balaban J connectivity index is 2.15. The fourth-order valence-corrected chi connectivity index (χ4v) is 2.01. The molecule has 2 rings (SSSR count). The Bertz CT molecular complexity index is 430. The van der Waals surface area contributed by atoms with Crippen molar-refractivity contribution < 1.29 is 4.42 Å². The molecule has 0 amide bonds. The fourth-order valence-electron chi connectivity index (χ4n) is 1.30. The molecular formula is C10H10IN3O. The van der Waals surface area contributed by atoms with E-state index in [1.165, 1.54) is 0 Å². The zero-order chi connectivity index (χ0) is 10.7. The van der Waals surface area contributed by atoms with Crippen molar-refractivity contribution in [2.24, 2.45) is 0 Å². The van der Waals surface area contributed by atoms with Crippen LogP contribution in [-0.2, 0) is 6.54 Å². The van der Waals surface area contributed by atoms with Crippen molar-refractivity contribution in [2.75, 3.05) is 11.9 Å². The summed E-state index contributed by atoms with van der Waals surface area (Å²) in [7, 11) is 1.98. The number of furan rings is 1. The Morgan fingerprint density at radius 3 is 3.07 bits per heavy atom. The lowest BCUT2D eigenvalue weighted by molar-refractivity contribution is 0.506. The van der Waals surface area contributed by atoms with Gasteiger partial charge in [-0.05, 0) is 34.7 Å². The van der Waals surface area contributed by atoms with Gasteiger partial charge in [0.05, 0.1) is 16.4 Å². The van der Waals surface area contributed by atoms with Gasteiger partial charge in [0.25, 0.3) is 0 Å². The molecule has 0 atom stereocenters. The van der Waals surface area contributed by atoms with E-state index in [0.29, 0.717) is 6.54 Å². The minimum absolute atomic E-state index is 0.708. The largest absolute Gasteiger partial charge is 0.467 e. The van der Waals surface area contributed by atoms with Crippen molar-refractivity contribution in [3.05, 3.63) is 40.3 Å². The molecule has 0 aliphatic carbocycles. The summed E-state index contributed by atoms with van der Waals surface area (Å²) in [6.45, 7) is 0.708. The molecule has 0 saturated heterocycles. The molecule has 0 N–H and O–H groups in total. The normalized spacial score (nSPS) is 10.3. The molecule has 2 aromatic heterocycles. The Hall–Kier alpha value is -1.11. The Labute approximate surface area is 101 Å².